The summed E-state index contributed by atoms with van der Waals surface area (Å²) in [6.07, 6.45) is 5.09. The van der Waals surface area contributed by atoms with Crippen LogP contribution in [0, 0.1) is 0 Å². The SMILES string of the molecule is Brc1ccc(Nc2cnnc(NCc3ccncc3)n2)cc1. The molecule has 0 radical (unpaired) electrons. The summed E-state index contributed by atoms with van der Waals surface area (Å²) >= 11 is 3.41. The lowest BCUT2D eigenvalue weighted by Crippen LogP contribution is -2.06. The van der Waals surface area contributed by atoms with Crippen LogP contribution in [-0.4, -0.2) is 20.2 Å². The van der Waals surface area contributed by atoms with E-state index >= 15 is 0 Å². The maximum atomic E-state index is 4.38. The molecule has 22 heavy (non-hydrogen) atoms. The quantitative estimate of drug-likeness (QED) is 0.729. The molecule has 0 aliphatic rings. The molecule has 3 rings (SSSR count). The van der Waals surface area contributed by atoms with Gasteiger partial charge in [0.25, 0.3) is 0 Å². The molecule has 110 valence electrons. The topological polar surface area (TPSA) is 75.6 Å². The lowest BCUT2D eigenvalue weighted by Gasteiger charge is -2.07. The van der Waals surface area contributed by atoms with E-state index in [-0.39, 0.29) is 0 Å². The largest absolute Gasteiger partial charge is 0.349 e. The molecule has 1 aromatic carbocycles. The van der Waals surface area contributed by atoms with E-state index in [0.29, 0.717) is 18.3 Å². The molecule has 0 unspecified atom stereocenters. The Morgan fingerprint density at radius 1 is 1.00 bits per heavy atom. The molecule has 0 saturated carbocycles. The van der Waals surface area contributed by atoms with Crippen LogP contribution in [0.15, 0.2) is 59.5 Å². The molecule has 0 spiro atoms. The van der Waals surface area contributed by atoms with E-state index in [9.17, 15) is 0 Å². The van der Waals surface area contributed by atoms with Gasteiger partial charge in [-0.05, 0) is 42.0 Å². The molecule has 0 amide bonds. The van der Waals surface area contributed by atoms with Crippen LogP contribution in [0.2, 0.25) is 0 Å². The van der Waals surface area contributed by atoms with Crippen molar-refractivity contribution in [3.63, 3.8) is 0 Å². The first-order valence-electron chi connectivity index (χ1n) is 6.65. The third-order valence-corrected chi connectivity index (χ3v) is 3.40. The van der Waals surface area contributed by atoms with E-state index in [2.05, 4.69) is 46.7 Å². The monoisotopic (exact) mass is 356 g/mol. The molecule has 2 aromatic heterocycles. The second kappa shape index (κ2) is 6.95. The summed E-state index contributed by atoms with van der Waals surface area (Å²) in [5, 5.41) is 14.2. The average Bonchev–Trinajstić information content (AvgIpc) is 2.57. The van der Waals surface area contributed by atoms with Crippen LogP contribution >= 0.6 is 15.9 Å². The molecule has 0 atom stereocenters. The molecule has 2 N–H and O–H groups in total. The zero-order valence-electron chi connectivity index (χ0n) is 11.6. The first-order chi connectivity index (χ1) is 10.8. The minimum absolute atomic E-state index is 0.471. The number of pyridine rings is 1. The van der Waals surface area contributed by atoms with Crippen molar-refractivity contribution in [3.8, 4) is 0 Å². The second-order valence-corrected chi connectivity index (χ2v) is 5.42. The molecule has 0 saturated heterocycles. The number of nitrogens with zero attached hydrogens (tertiary/aromatic N) is 4. The van der Waals surface area contributed by atoms with E-state index in [1.165, 1.54) is 0 Å². The van der Waals surface area contributed by atoms with Gasteiger partial charge in [0, 0.05) is 29.1 Å². The van der Waals surface area contributed by atoms with Gasteiger partial charge in [-0.2, -0.15) is 10.1 Å². The van der Waals surface area contributed by atoms with Crippen LogP contribution in [-0.2, 0) is 6.54 Å². The minimum Gasteiger partial charge on any atom is -0.349 e. The van der Waals surface area contributed by atoms with Crippen LogP contribution in [0.25, 0.3) is 0 Å². The minimum atomic E-state index is 0.471. The van der Waals surface area contributed by atoms with Crippen LogP contribution < -0.4 is 10.6 Å². The van der Waals surface area contributed by atoms with E-state index in [1.807, 2.05) is 36.4 Å². The van der Waals surface area contributed by atoms with Gasteiger partial charge in [-0.25, -0.2) is 0 Å². The summed E-state index contributed by atoms with van der Waals surface area (Å²) in [4.78, 5) is 8.37. The number of aromatic nitrogens is 4. The van der Waals surface area contributed by atoms with Crippen molar-refractivity contribution in [1.82, 2.24) is 20.2 Å². The highest BCUT2D eigenvalue weighted by molar-refractivity contribution is 9.10. The Kier molecular flexibility index (Phi) is 4.55. The highest BCUT2D eigenvalue weighted by atomic mass is 79.9. The Morgan fingerprint density at radius 3 is 2.55 bits per heavy atom. The van der Waals surface area contributed by atoms with Crippen molar-refractivity contribution in [1.29, 1.82) is 0 Å². The van der Waals surface area contributed by atoms with Gasteiger partial charge in [0.2, 0.25) is 5.95 Å². The summed E-state index contributed by atoms with van der Waals surface area (Å²) in [5.74, 6) is 1.11. The fourth-order valence-corrected chi connectivity index (χ4v) is 2.07. The van der Waals surface area contributed by atoms with Crippen LogP contribution in [0.4, 0.5) is 17.5 Å². The van der Waals surface area contributed by atoms with Crippen molar-refractivity contribution in [2.24, 2.45) is 0 Å². The molecule has 0 bridgehead atoms. The number of anilines is 3. The summed E-state index contributed by atoms with van der Waals surface area (Å²) in [6, 6.07) is 11.7. The molecule has 0 aliphatic carbocycles. The Morgan fingerprint density at radius 2 is 1.77 bits per heavy atom. The average molecular weight is 357 g/mol. The van der Waals surface area contributed by atoms with Crippen molar-refractivity contribution < 1.29 is 0 Å². The fraction of sp³-hybridized carbons (Fsp3) is 0.0667. The van der Waals surface area contributed by atoms with E-state index < -0.39 is 0 Å². The lowest BCUT2D eigenvalue weighted by molar-refractivity contribution is 0.948. The van der Waals surface area contributed by atoms with Gasteiger partial charge >= 0.3 is 0 Å². The number of hydrogen-bond acceptors (Lipinski definition) is 6. The molecule has 0 fully saturated rings. The van der Waals surface area contributed by atoms with Crippen molar-refractivity contribution >= 4 is 33.4 Å². The number of halogens is 1. The fourth-order valence-electron chi connectivity index (χ4n) is 1.80. The van der Waals surface area contributed by atoms with Gasteiger partial charge in [0.15, 0.2) is 5.82 Å². The Labute approximate surface area is 136 Å². The maximum Gasteiger partial charge on any atom is 0.244 e. The molecule has 3 aromatic rings. The Hall–Kier alpha value is -2.54. The van der Waals surface area contributed by atoms with Gasteiger partial charge in [0.1, 0.15) is 0 Å². The Balaban J connectivity index is 1.66. The highest BCUT2D eigenvalue weighted by Crippen LogP contribution is 2.17. The number of nitrogens with one attached hydrogen (secondary N) is 2. The van der Waals surface area contributed by atoms with Crippen molar-refractivity contribution in [2.75, 3.05) is 10.6 Å². The van der Waals surface area contributed by atoms with E-state index in [4.69, 9.17) is 0 Å². The van der Waals surface area contributed by atoms with Crippen LogP contribution in [0.5, 0.6) is 0 Å². The first kappa shape index (κ1) is 14.4. The second-order valence-electron chi connectivity index (χ2n) is 4.51. The summed E-state index contributed by atoms with van der Waals surface area (Å²) < 4.78 is 1.03. The molecular formula is C15H13BrN6. The normalized spacial score (nSPS) is 10.2. The molecule has 0 aliphatic heterocycles. The van der Waals surface area contributed by atoms with Gasteiger partial charge in [-0.15, -0.1) is 5.10 Å². The summed E-state index contributed by atoms with van der Waals surface area (Å²) in [7, 11) is 0. The lowest BCUT2D eigenvalue weighted by atomic mass is 10.3. The molecule has 6 nitrogen and oxygen atoms in total. The summed E-state index contributed by atoms with van der Waals surface area (Å²) in [6.45, 7) is 0.617. The van der Waals surface area contributed by atoms with Crippen LogP contribution in [0.3, 0.4) is 0 Å². The van der Waals surface area contributed by atoms with Gasteiger partial charge in [-0.3, -0.25) is 4.98 Å². The van der Waals surface area contributed by atoms with Gasteiger partial charge < -0.3 is 10.6 Å². The third-order valence-electron chi connectivity index (χ3n) is 2.88. The van der Waals surface area contributed by atoms with Gasteiger partial charge in [-0.1, -0.05) is 15.9 Å². The van der Waals surface area contributed by atoms with Crippen molar-refractivity contribution in [2.45, 2.75) is 6.54 Å². The zero-order valence-corrected chi connectivity index (χ0v) is 13.2. The summed E-state index contributed by atoms with van der Waals surface area (Å²) in [5.41, 5.74) is 2.04. The standard InChI is InChI=1S/C15H13BrN6/c16-12-1-3-13(4-2-12)20-14-10-19-22-15(21-14)18-9-11-5-7-17-8-6-11/h1-8,10H,9H2,(H2,18,20,21,22). The predicted octanol–water partition coefficient (Wildman–Crippen LogP) is 3.38. The third kappa shape index (κ3) is 3.98. The number of rotatable bonds is 5. The molecule has 7 heteroatoms. The smallest absolute Gasteiger partial charge is 0.244 e. The van der Waals surface area contributed by atoms with Crippen LogP contribution in [0.1, 0.15) is 5.56 Å². The van der Waals surface area contributed by atoms with Crippen molar-refractivity contribution in [3.05, 3.63) is 65.0 Å². The van der Waals surface area contributed by atoms with E-state index in [1.54, 1.807) is 18.6 Å². The molecule has 2 heterocycles. The highest BCUT2D eigenvalue weighted by Gasteiger charge is 2.01. The predicted molar refractivity (Wildman–Crippen MR) is 88.8 cm³/mol. The Bertz CT molecular complexity index is 733. The molecular weight excluding hydrogens is 344 g/mol. The van der Waals surface area contributed by atoms with Gasteiger partial charge in [0.05, 0.1) is 6.20 Å². The maximum absolute atomic E-state index is 4.38. The number of hydrogen-bond donors (Lipinski definition) is 2. The first-order valence-corrected chi connectivity index (χ1v) is 7.44. The number of benzene rings is 1. The zero-order chi connectivity index (χ0) is 15.2. The van der Waals surface area contributed by atoms with E-state index in [0.717, 1.165) is 15.7 Å².